The summed E-state index contributed by atoms with van der Waals surface area (Å²) in [5.74, 6) is 0.477. The third kappa shape index (κ3) is 6.00. The zero-order valence-corrected chi connectivity index (χ0v) is 16.3. The van der Waals surface area contributed by atoms with Crippen LogP contribution in [0.4, 0.5) is 0 Å². The molecule has 1 heterocycles. The Hall–Kier alpha value is -2.12. The summed E-state index contributed by atoms with van der Waals surface area (Å²) in [5, 5.41) is 0. The van der Waals surface area contributed by atoms with Gasteiger partial charge in [-0.2, -0.15) is 4.31 Å². The summed E-state index contributed by atoms with van der Waals surface area (Å²) in [7, 11) is -3.44. The standard InChI is InChI=1S/C19H26N2O4S/c1-16(2)21(14-17-8-5-4-6-9-17)19(22)11-12-20(26(3,23)24)15-18-10-7-13-25-18/h4-10,13,16H,11-12,14-15H2,1-3H3. The fourth-order valence-corrected chi connectivity index (χ4v) is 3.43. The number of amides is 1. The van der Waals surface area contributed by atoms with Gasteiger partial charge in [0.15, 0.2) is 0 Å². The predicted molar refractivity (Wildman–Crippen MR) is 101 cm³/mol. The van der Waals surface area contributed by atoms with Crippen molar-refractivity contribution >= 4 is 15.9 Å². The molecule has 0 spiro atoms. The molecule has 7 heteroatoms. The summed E-state index contributed by atoms with van der Waals surface area (Å²) in [6.07, 6.45) is 2.77. The summed E-state index contributed by atoms with van der Waals surface area (Å²) < 4.78 is 30.5. The van der Waals surface area contributed by atoms with Crippen LogP contribution in [0.15, 0.2) is 53.1 Å². The van der Waals surface area contributed by atoms with Crippen LogP contribution in [0.1, 0.15) is 31.6 Å². The number of sulfonamides is 1. The van der Waals surface area contributed by atoms with E-state index >= 15 is 0 Å². The van der Waals surface area contributed by atoms with E-state index in [0.717, 1.165) is 11.8 Å². The summed E-state index contributed by atoms with van der Waals surface area (Å²) >= 11 is 0. The monoisotopic (exact) mass is 378 g/mol. The predicted octanol–water partition coefficient (Wildman–Crippen LogP) is 2.87. The molecule has 0 aliphatic rings. The Morgan fingerprint density at radius 3 is 2.31 bits per heavy atom. The zero-order chi connectivity index (χ0) is 19.2. The highest BCUT2D eigenvalue weighted by Gasteiger charge is 2.22. The number of hydrogen-bond donors (Lipinski definition) is 0. The van der Waals surface area contributed by atoms with Gasteiger partial charge in [-0.3, -0.25) is 4.79 Å². The molecule has 0 bridgehead atoms. The normalized spacial score (nSPS) is 11.9. The minimum absolute atomic E-state index is 0.0273. The van der Waals surface area contributed by atoms with Gasteiger partial charge in [0, 0.05) is 25.6 Å². The molecule has 1 aromatic carbocycles. The number of carbonyl (C=O) groups excluding carboxylic acids is 1. The molecule has 0 fully saturated rings. The molecule has 2 rings (SSSR count). The van der Waals surface area contributed by atoms with Crippen molar-refractivity contribution in [3.8, 4) is 0 Å². The molecule has 142 valence electrons. The Morgan fingerprint density at radius 2 is 1.77 bits per heavy atom. The molecule has 0 aliphatic heterocycles. The molecular formula is C19H26N2O4S. The SMILES string of the molecule is CC(C)N(Cc1ccccc1)C(=O)CCN(Cc1ccco1)S(C)(=O)=O. The molecular weight excluding hydrogens is 352 g/mol. The van der Waals surface area contributed by atoms with Crippen LogP contribution in [-0.4, -0.2) is 42.4 Å². The number of carbonyl (C=O) groups is 1. The van der Waals surface area contributed by atoms with Crippen LogP contribution in [0.5, 0.6) is 0 Å². The zero-order valence-electron chi connectivity index (χ0n) is 15.5. The Balaban J connectivity index is 2.02. The molecule has 26 heavy (non-hydrogen) atoms. The van der Waals surface area contributed by atoms with Crippen molar-refractivity contribution in [2.75, 3.05) is 12.8 Å². The van der Waals surface area contributed by atoms with Gasteiger partial charge in [-0.1, -0.05) is 30.3 Å². The van der Waals surface area contributed by atoms with E-state index in [1.807, 2.05) is 44.2 Å². The molecule has 6 nitrogen and oxygen atoms in total. The molecule has 2 aromatic rings. The highest BCUT2D eigenvalue weighted by molar-refractivity contribution is 7.88. The summed E-state index contributed by atoms with van der Waals surface area (Å²) in [5.41, 5.74) is 1.05. The van der Waals surface area contributed by atoms with Crippen molar-refractivity contribution in [2.45, 2.75) is 39.4 Å². The second kappa shape index (κ2) is 9.00. The molecule has 0 unspecified atom stereocenters. The van der Waals surface area contributed by atoms with E-state index in [2.05, 4.69) is 0 Å². The van der Waals surface area contributed by atoms with Crippen molar-refractivity contribution in [2.24, 2.45) is 0 Å². The Bertz CT molecular complexity index is 786. The van der Waals surface area contributed by atoms with E-state index in [-0.39, 0.29) is 31.5 Å². The lowest BCUT2D eigenvalue weighted by Gasteiger charge is -2.28. The van der Waals surface area contributed by atoms with Crippen LogP contribution in [-0.2, 0) is 27.9 Å². The van der Waals surface area contributed by atoms with Gasteiger partial charge >= 0.3 is 0 Å². The highest BCUT2D eigenvalue weighted by atomic mass is 32.2. The smallest absolute Gasteiger partial charge is 0.224 e. The van der Waals surface area contributed by atoms with Crippen molar-refractivity contribution in [1.29, 1.82) is 0 Å². The second-order valence-electron chi connectivity index (χ2n) is 6.53. The van der Waals surface area contributed by atoms with E-state index in [1.165, 1.54) is 10.6 Å². The van der Waals surface area contributed by atoms with Crippen molar-refractivity contribution < 1.29 is 17.6 Å². The van der Waals surface area contributed by atoms with Crippen molar-refractivity contribution in [1.82, 2.24) is 9.21 Å². The minimum atomic E-state index is -3.44. The Labute approximate surface area is 155 Å². The fraction of sp³-hybridized carbons (Fsp3) is 0.421. The minimum Gasteiger partial charge on any atom is -0.468 e. The maximum atomic E-state index is 12.7. The summed E-state index contributed by atoms with van der Waals surface area (Å²) in [6.45, 7) is 4.67. The van der Waals surface area contributed by atoms with E-state index in [1.54, 1.807) is 17.0 Å². The molecule has 1 aromatic heterocycles. The van der Waals surface area contributed by atoms with E-state index in [9.17, 15) is 13.2 Å². The van der Waals surface area contributed by atoms with Gasteiger partial charge in [0.2, 0.25) is 15.9 Å². The molecule has 0 atom stereocenters. The number of hydrogen-bond acceptors (Lipinski definition) is 4. The molecule has 0 saturated heterocycles. The van der Waals surface area contributed by atoms with Gasteiger partial charge in [-0.25, -0.2) is 8.42 Å². The van der Waals surface area contributed by atoms with Gasteiger partial charge in [-0.05, 0) is 31.5 Å². The quantitative estimate of drug-likeness (QED) is 0.673. The highest BCUT2D eigenvalue weighted by Crippen LogP contribution is 2.13. The number of rotatable bonds is 9. The van der Waals surface area contributed by atoms with Gasteiger partial charge in [0.25, 0.3) is 0 Å². The lowest BCUT2D eigenvalue weighted by atomic mass is 10.1. The average Bonchev–Trinajstić information content (AvgIpc) is 3.09. The number of furan rings is 1. The molecule has 0 N–H and O–H groups in total. The summed E-state index contributed by atoms with van der Waals surface area (Å²) in [4.78, 5) is 14.5. The van der Waals surface area contributed by atoms with Gasteiger partial charge in [0.05, 0.1) is 19.1 Å². The average molecular weight is 378 g/mol. The van der Waals surface area contributed by atoms with Crippen LogP contribution in [0.2, 0.25) is 0 Å². The third-order valence-corrected chi connectivity index (χ3v) is 5.35. The van der Waals surface area contributed by atoms with E-state index in [4.69, 9.17) is 4.42 Å². The van der Waals surface area contributed by atoms with E-state index < -0.39 is 10.0 Å². The number of nitrogens with zero attached hydrogens (tertiary/aromatic N) is 2. The molecule has 1 amide bonds. The fourth-order valence-electron chi connectivity index (χ4n) is 2.64. The maximum Gasteiger partial charge on any atom is 0.224 e. The van der Waals surface area contributed by atoms with Gasteiger partial charge < -0.3 is 9.32 Å². The van der Waals surface area contributed by atoms with Crippen LogP contribution >= 0.6 is 0 Å². The van der Waals surface area contributed by atoms with Crippen molar-refractivity contribution in [3.63, 3.8) is 0 Å². The lowest BCUT2D eigenvalue weighted by Crippen LogP contribution is -2.39. The third-order valence-electron chi connectivity index (χ3n) is 4.10. The topological polar surface area (TPSA) is 70.8 Å². The van der Waals surface area contributed by atoms with Gasteiger partial charge in [-0.15, -0.1) is 0 Å². The molecule has 0 aliphatic carbocycles. The van der Waals surface area contributed by atoms with Crippen LogP contribution in [0.25, 0.3) is 0 Å². The first-order valence-electron chi connectivity index (χ1n) is 8.58. The largest absolute Gasteiger partial charge is 0.468 e. The summed E-state index contributed by atoms with van der Waals surface area (Å²) in [6, 6.07) is 13.2. The molecule has 0 radical (unpaired) electrons. The first-order valence-corrected chi connectivity index (χ1v) is 10.4. The Morgan fingerprint density at radius 1 is 1.08 bits per heavy atom. The first kappa shape index (κ1) is 20.2. The lowest BCUT2D eigenvalue weighted by molar-refractivity contribution is -0.133. The molecule has 0 saturated carbocycles. The van der Waals surface area contributed by atoms with Crippen molar-refractivity contribution in [3.05, 3.63) is 60.1 Å². The second-order valence-corrected chi connectivity index (χ2v) is 8.51. The van der Waals surface area contributed by atoms with Crippen LogP contribution in [0.3, 0.4) is 0 Å². The van der Waals surface area contributed by atoms with Gasteiger partial charge in [0.1, 0.15) is 5.76 Å². The first-order chi connectivity index (χ1) is 12.3. The maximum absolute atomic E-state index is 12.7. The van der Waals surface area contributed by atoms with Crippen LogP contribution in [0, 0.1) is 0 Å². The van der Waals surface area contributed by atoms with Crippen LogP contribution < -0.4 is 0 Å². The number of benzene rings is 1. The Kier molecular flexibility index (Phi) is 6.99. The van der Waals surface area contributed by atoms with E-state index in [0.29, 0.717) is 12.3 Å².